The molecule has 1 fully saturated rings. The summed E-state index contributed by atoms with van der Waals surface area (Å²) in [5.74, 6) is 0.841. The molecule has 0 heterocycles. The maximum Gasteiger partial charge on any atom is 0.305 e. The second-order valence-electron chi connectivity index (χ2n) is 5.40. The fraction of sp³-hybridized carbons (Fsp3) is 0.471. The van der Waals surface area contributed by atoms with Gasteiger partial charge in [-0.2, -0.15) is 0 Å². The van der Waals surface area contributed by atoms with E-state index in [-0.39, 0.29) is 5.97 Å². The minimum Gasteiger partial charge on any atom is -0.469 e. The van der Waals surface area contributed by atoms with Crippen LogP contribution in [0.5, 0.6) is 0 Å². The van der Waals surface area contributed by atoms with Gasteiger partial charge in [0, 0.05) is 10.9 Å². The summed E-state index contributed by atoms with van der Waals surface area (Å²) in [7, 11) is 1.47. The first-order chi connectivity index (χ1) is 9.69. The minimum atomic E-state index is -0.0843. The van der Waals surface area contributed by atoms with Crippen LogP contribution in [0.2, 0.25) is 0 Å². The highest BCUT2D eigenvalue weighted by Crippen LogP contribution is 2.34. The first-order valence-electron chi connectivity index (χ1n) is 7.19. The second-order valence-corrected chi connectivity index (χ2v) is 6.31. The van der Waals surface area contributed by atoms with Crippen LogP contribution >= 0.6 is 15.9 Å². The van der Waals surface area contributed by atoms with Gasteiger partial charge in [-0.3, -0.25) is 4.79 Å². The lowest BCUT2D eigenvalue weighted by Gasteiger charge is -2.28. The molecule has 108 valence electrons. The van der Waals surface area contributed by atoms with E-state index >= 15 is 0 Å². The van der Waals surface area contributed by atoms with Crippen LogP contribution in [0.15, 0.2) is 34.8 Å². The first-order valence-corrected chi connectivity index (χ1v) is 7.99. The van der Waals surface area contributed by atoms with Crippen LogP contribution in [-0.2, 0) is 9.53 Å². The standard InChI is InChI=1S/C17H21BrO2/c1-20-17(19)12-15-5-3-2-4-14(15)9-6-13-7-10-16(18)11-8-13/h6-11,14-15H,2-5,12H2,1H3/b9-6+/t14-,15+/m1/s1. The average molecular weight is 337 g/mol. The van der Waals surface area contributed by atoms with Crippen molar-refractivity contribution in [2.45, 2.75) is 32.1 Å². The van der Waals surface area contributed by atoms with E-state index in [2.05, 4.69) is 40.2 Å². The van der Waals surface area contributed by atoms with E-state index in [0.29, 0.717) is 18.3 Å². The van der Waals surface area contributed by atoms with Crippen LogP contribution in [0.3, 0.4) is 0 Å². The SMILES string of the molecule is COC(=O)C[C@@H]1CCCC[C@@H]1/C=C/c1ccc(Br)cc1. The lowest BCUT2D eigenvalue weighted by molar-refractivity contribution is -0.142. The molecule has 3 heteroatoms. The Balaban J connectivity index is 2.00. The number of carbonyl (C=O) groups excluding carboxylic acids is 1. The van der Waals surface area contributed by atoms with Crippen molar-refractivity contribution < 1.29 is 9.53 Å². The second kappa shape index (κ2) is 7.63. The number of hydrogen-bond donors (Lipinski definition) is 0. The molecule has 2 atom stereocenters. The van der Waals surface area contributed by atoms with Crippen molar-refractivity contribution in [2.75, 3.05) is 7.11 Å². The highest BCUT2D eigenvalue weighted by atomic mass is 79.9. The van der Waals surface area contributed by atoms with Crippen LogP contribution in [-0.4, -0.2) is 13.1 Å². The number of halogens is 1. The van der Waals surface area contributed by atoms with Crippen molar-refractivity contribution in [2.24, 2.45) is 11.8 Å². The Labute approximate surface area is 129 Å². The van der Waals surface area contributed by atoms with Gasteiger partial charge in [0.1, 0.15) is 0 Å². The number of methoxy groups -OCH3 is 1. The van der Waals surface area contributed by atoms with Gasteiger partial charge in [0.15, 0.2) is 0 Å². The third-order valence-corrected chi connectivity index (χ3v) is 4.56. The van der Waals surface area contributed by atoms with E-state index in [1.807, 2.05) is 12.1 Å². The number of allylic oxidation sites excluding steroid dienone is 1. The first kappa shape index (κ1) is 15.3. The van der Waals surface area contributed by atoms with Crippen LogP contribution in [0.4, 0.5) is 0 Å². The van der Waals surface area contributed by atoms with Gasteiger partial charge >= 0.3 is 5.97 Å². The maximum atomic E-state index is 11.5. The van der Waals surface area contributed by atoms with Gasteiger partial charge < -0.3 is 4.74 Å². The Morgan fingerprint density at radius 2 is 2.00 bits per heavy atom. The van der Waals surface area contributed by atoms with Gasteiger partial charge in [-0.1, -0.05) is 53.1 Å². The molecule has 2 nitrogen and oxygen atoms in total. The molecule has 0 bridgehead atoms. The highest BCUT2D eigenvalue weighted by Gasteiger charge is 2.25. The highest BCUT2D eigenvalue weighted by molar-refractivity contribution is 9.10. The zero-order chi connectivity index (χ0) is 14.4. The topological polar surface area (TPSA) is 26.3 Å². The van der Waals surface area contributed by atoms with Crippen molar-refractivity contribution in [3.63, 3.8) is 0 Å². The molecule has 0 N–H and O–H groups in total. The van der Waals surface area contributed by atoms with E-state index in [9.17, 15) is 4.79 Å². The molecule has 0 saturated heterocycles. The molecule has 1 aromatic carbocycles. The number of ether oxygens (including phenoxy) is 1. The van der Waals surface area contributed by atoms with Crippen molar-refractivity contribution in [1.29, 1.82) is 0 Å². The van der Waals surface area contributed by atoms with E-state index in [4.69, 9.17) is 4.74 Å². The predicted molar refractivity (Wildman–Crippen MR) is 85.3 cm³/mol. The molecule has 0 radical (unpaired) electrons. The Kier molecular flexibility index (Phi) is 5.84. The van der Waals surface area contributed by atoms with Crippen LogP contribution in [0.1, 0.15) is 37.7 Å². The minimum absolute atomic E-state index is 0.0843. The summed E-state index contributed by atoms with van der Waals surface area (Å²) in [6, 6.07) is 8.29. The molecule has 0 amide bonds. The Morgan fingerprint density at radius 3 is 2.70 bits per heavy atom. The number of rotatable bonds is 4. The third-order valence-electron chi connectivity index (χ3n) is 4.03. The molecule has 0 spiro atoms. The van der Waals surface area contributed by atoms with E-state index in [1.54, 1.807) is 0 Å². The predicted octanol–water partition coefficient (Wildman–Crippen LogP) is 4.83. The summed E-state index contributed by atoms with van der Waals surface area (Å²) >= 11 is 3.44. The molecule has 0 aliphatic heterocycles. The van der Waals surface area contributed by atoms with Gasteiger partial charge in [-0.15, -0.1) is 0 Å². The molecule has 20 heavy (non-hydrogen) atoms. The fourth-order valence-electron chi connectivity index (χ4n) is 2.85. The van der Waals surface area contributed by atoms with E-state index in [1.165, 1.54) is 31.9 Å². The zero-order valence-corrected chi connectivity index (χ0v) is 13.4. The van der Waals surface area contributed by atoms with E-state index in [0.717, 1.165) is 10.9 Å². The van der Waals surface area contributed by atoms with E-state index < -0.39 is 0 Å². The maximum absolute atomic E-state index is 11.5. The largest absolute Gasteiger partial charge is 0.469 e. The molecule has 1 aliphatic carbocycles. The number of benzene rings is 1. The molecule has 2 rings (SSSR count). The summed E-state index contributed by atoms with van der Waals surface area (Å²) in [6.07, 6.45) is 9.78. The van der Waals surface area contributed by atoms with Crippen LogP contribution in [0.25, 0.3) is 6.08 Å². The Morgan fingerprint density at radius 1 is 1.30 bits per heavy atom. The Hall–Kier alpha value is -1.09. The lowest BCUT2D eigenvalue weighted by Crippen LogP contribution is -2.21. The number of esters is 1. The summed E-state index contributed by atoms with van der Waals surface area (Å²) in [6.45, 7) is 0. The molecule has 1 aliphatic rings. The fourth-order valence-corrected chi connectivity index (χ4v) is 3.11. The smallest absolute Gasteiger partial charge is 0.305 e. The van der Waals surface area contributed by atoms with Crippen molar-refractivity contribution >= 4 is 28.0 Å². The molecule has 1 aromatic rings. The van der Waals surface area contributed by atoms with Crippen molar-refractivity contribution in [3.05, 3.63) is 40.4 Å². The third kappa shape index (κ3) is 4.48. The van der Waals surface area contributed by atoms with Gasteiger partial charge in [0.05, 0.1) is 7.11 Å². The quantitative estimate of drug-likeness (QED) is 0.736. The van der Waals surface area contributed by atoms with Gasteiger partial charge in [-0.05, 0) is 42.4 Å². The Bertz CT molecular complexity index is 464. The summed E-state index contributed by atoms with van der Waals surface area (Å²) in [4.78, 5) is 11.5. The molecule has 1 saturated carbocycles. The van der Waals surface area contributed by atoms with Crippen LogP contribution < -0.4 is 0 Å². The van der Waals surface area contributed by atoms with Crippen molar-refractivity contribution in [1.82, 2.24) is 0 Å². The lowest BCUT2D eigenvalue weighted by atomic mass is 9.77. The van der Waals surface area contributed by atoms with Crippen LogP contribution in [0, 0.1) is 11.8 Å². The molecule has 0 aromatic heterocycles. The summed E-state index contributed by atoms with van der Waals surface area (Å²) < 4.78 is 5.90. The van der Waals surface area contributed by atoms with Gasteiger partial charge in [0.25, 0.3) is 0 Å². The number of carbonyl (C=O) groups is 1. The summed E-state index contributed by atoms with van der Waals surface area (Å²) in [5.41, 5.74) is 1.20. The molecule has 0 unspecified atom stereocenters. The molecular weight excluding hydrogens is 316 g/mol. The summed E-state index contributed by atoms with van der Waals surface area (Å²) in [5, 5.41) is 0. The normalized spacial score (nSPS) is 22.9. The zero-order valence-electron chi connectivity index (χ0n) is 11.8. The van der Waals surface area contributed by atoms with Gasteiger partial charge in [-0.25, -0.2) is 0 Å². The van der Waals surface area contributed by atoms with Gasteiger partial charge in [0.2, 0.25) is 0 Å². The average Bonchev–Trinajstić information content (AvgIpc) is 2.48. The monoisotopic (exact) mass is 336 g/mol. The van der Waals surface area contributed by atoms with Crippen molar-refractivity contribution in [3.8, 4) is 0 Å². The number of hydrogen-bond acceptors (Lipinski definition) is 2. The molecular formula is C17H21BrO2.